The Morgan fingerprint density at radius 1 is 0.414 bits per heavy atom. The maximum Gasteiger partial charge on any atom is 0.306 e. The first kappa shape index (κ1) is 67.6. The van der Waals surface area contributed by atoms with Crippen LogP contribution >= 0.6 is 0 Å². The Morgan fingerprint density at radius 3 is 1.19 bits per heavy atom. The lowest BCUT2D eigenvalue weighted by Gasteiger charge is -2.24. The van der Waals surface area contributed by atoms with Crippen LogP contribution in [0.2, 0.25) is 0 Å². The fourth-order valence-electron chi connectivity index (χ4n) is 9.26. The van der Waals surface area contributed by atoms with Crippen LogP contribution in [0.5, 0.6) is 0 Å². The van der Waals surface area contributed by atoms with Crippen LogP contribution in [0.4, 0.5) is 0 Å². The predicted octanol–water partition coefficient (Wildman–Crippen LogP) is 19.1. The second kappa shape index (κ2) is 57.5. The summed E-state index contributed by atoms with van der Waals surface area (Å²) >= 11 is 0. The Hall–Kier alpha value is -2.44. The van der Waals surface area contributed by atoms with Crippen molar-refractivity contribution in [3.8, 4) is 0 Å². The molecule has 0 fully saturated rings. The molecule has 0 aliphatic carbocycles. The molecule has 3 unspecified atom stereocenters. The van der Waals surface area contributed by atoms with E-state index in [4.69, 9.17) is 4.74 Å². The summed E-state index contributed by atoms with van der Waals surface area (Å²) < 4.78 is 5.95. The summed E-state index contributed by atoms with van der Waals surface area (Å²) in [5.41, 5.74) is 0. The standard InChI is InChI=1S/C64H117NO5/c1-4-7-10-13-16-19-22-25-28-31-33-36-39-42-45-48-51-54-57-64(69)70-60(55-52-49-46-43-40-37-34-30-27-24-21-18-15-12-9-6-3)58-63(68)65-61(59-66)62(67)56-53-50-47-44-41-38-35-32-29-26-23-20-17-14-11-8-5-2/h18,21,24,27,30,33-34,36-37,40,60-62,66-67H,4-17,19-20,22-23,25-26,28-29,31-32,35,38-39,41-59H2,1-3H3,(H,65,68)/b21-18+,27-24+,34-30+,36-33+,40-37+. The van der Waals surface area contributed by atoms with Gasteiger partial charge in [0.25, 0.3) is 0 Å². The smallest absolute Gasteiger partial charge is 0.306 e. The van der Waals surface area contributed by atoms with Gasteiger partial charge in [-0.25, -0.2) is 0 Å². The molecule has 408 valence electrons. The van der Waals surface area contributed by atoms with E-state index in [1.54, 1.807) is 0 Å². The third kappa shape index (κ3) is 51.9. The van der Waals surface area contributed by atoms with Crippen molar-refractivity contribution >= 4 is 11.9 Å². The van der Waals surface area contributed by atoms with Crippen molar-refractivity contribution in [1.29, 1.82) is 0 Å². The molecular weight excluding hydrogens is 863 g/mol. The number of hydrogen-bond donors (Lipinski definition) is 3. The van der Waals surface area contributed by atoms with Crippen LogP contribution < -0.4 is 5.32 Å². The zero-order valence-corrected chi connectivity index (χ0v) is 46.7. The van der Waals surface area contributed by atoms with Crippen LogP contribution in [-0.4, -0.2) is 46.9 Å². The minimum atomic E-state index is -0.803. The highest BCUT2D eigenvalue weighted by atomic mass is 16.5. The van der Waals surface area contributed by atoms with Crippen molar-refractivity contribution in [2.24, 2.45) is 0 Å². The summed E-state index contributed by atoms with van der Waals surface area (Å²) in [5, 5.41) is 23.9. The minimum Gasteiger partial charge on any atom is -0.462 e. The van der Waals surface area contributed by atoms with Gasteiger partial charge in [0.1, 0.15) is 6.10 Å². The highest BCUT2D eigenvalue weighted by Gasteiger charge is 2.24. The highest BCUT2D eigenvalue weighted by molar-refractivity contribution is 5.77. The molecule has 0 aromatic carbocycles. The topological polar surface area (TPSA) is 95.9 Å². The van der Waals surface area contributed by atoms with Crippen molar-refractivity contribution in [3.05, 3.63) is 60.8 Å². The Morgan fingerprint density at radius 2 is 0.743 bits per heavy atom. The molecule has 0 saturated carbocycles. The zero-order valence-electron chi connectivity index (χ0n) is 46.7. The number of allylic oxidation sites excluding steroid dienone is 10. The minimum absolute atomic E-state index is 0.0485. The van der Waals surface area contributed by atoms with E-state index >= 15 is 0 Å². The molecule has 70 heavy (non-hydrogen) atoms. The van der Waals surface area contributed by atoms with Gasteiger partial charge in [0.05, 0.1) is 25.2 Å². The van der Waals surface area contributed by atoms with Crippen LogP contribution in [0.3, 0.4) is 0 Å². The van der Waals surface area contributed by atoms with E-state index in [-0.39, 0.29) is 24.9 Å². The first-order valence-electron chi connectivity index (χ1n) is 30.6. The van der Waals surface area contributed by atoms with E-state index in [0.717, 1.165) is 77.0 Å². The molecule has 3 atom stereocenters. The van der Waals surface area contributed by atoms with E-state index in [2.05, 4.69) is 86.8 Å². The second-order valence-corrected chi connectivity index (χ2v) is 20.8. The van der Waals surface area contributed by atoms with Crippen LogP contribution in [-0.2, 0) is 14.3 Å². The van der Waals surface area contributed by atoms with Crippen LogP contribution in [0.1, 0.15) is 310 Å². The molecule has 0 radical (unpaired) electrons. The molecule has 0 aromatic heterocycles. The molecule has 6 heteroatoms. The fraction of sp³-hybridized carbons (Fsp3) is 0.812. The van der Waals surface area contributed by atoms with E-state index in [9.17, 15) is 19.8 Å². The van der Waals surface area contributed by atoms with Gasteiger partial charge < -0.3 is 20.3 Å². The maximum absolute atomic E-state index is 13.3. The number of carbonyl (C=O) groups excluding carboxylic acids is 2. The summed E-state index contributed by atoms with van der Waals surface area (Å²) in [6.07, 6.45) is 72.9. The highest BCUT2D eigenvalue weighted by Crippen LogP contribution is 2.18. The normalized spacial score (nSPS) is 13.5. The number of amides is 1. The quantitative estimate of drug-likeness (QED) is 0.0244. The first-order valence-corrected chi connectivity index (χ1v) is 30.6. The van der Waals surface area contributed by atoms with Gasteiger partial charge in [0, 0.05) is 6.42 Å². The van der Waals surface area contributed by atoms with Crippen molar-refractivity contribution < 1.29 is 24.5 Å². The predicted molar refractivity (Wildman–Crippen MR) is 305 cm³/mol. The van der Waals surface area contributed by atoms with E-state index in [1.165, 1.54) is 186 Å². The molecule has 0 aromatic rings. The largest absolute Gasteiger partial charge is 0.462 e. The molecule has 3 N–H and O–H groups in total. The second-order valence-electron chi connectivity index (χ2n) is 20.8. The number of aliphatic hydroxyl groups is 2. The van der Waals surface area contributed by atoms with Crippen molar-refractivity contribution in [1.82, 2.24) is 5.32 Å². The summed E-state index contributed by atoms with van der Waals surface area (Å²) in [6, 6.07) is -0.719. The van der Waals surface area contributed by atoms with Gasteiger partial charge in [-0.1, -0.05) is 281 Å². The third-order valence-corrected chi connectivity index (χ3v) is 13.9. The lowest BCUT2D eigenvalue weighted by Crippen LogP contribution is -2.46. The van der Waals surface area contributed by atoms with E-state index in [0.29, 0.717) is 19.3 Å². The van der Waals surface area contributed by atoms with Crippen LogP contribution in [0, 0.1) is 0 Å². The number of esters is 1. The number of carbonyl (C=O) groups is 2. The molecule has 0 heterocycles. The lowest BCUT2D eigenvalue weighted by molar-refractivity contribution is -0.151. The van der Waals surface area contributed by atoms with Gasteiger partial charge >= 0.3 is 5.97 Å². The van der Waals surface area contributed by atoms with Gasteiger partial charge in [-0.15, -0.1) is 0 Å². The number of rotatable bonds is 55. The SMILES string of the molecule is CCCCC/C=C/C=C/C=C/C=C/CCCCCC(CC(=O)NC(CO)C(O)CCCCCCCCCCCCCCCCCCC)OC(=O)CCCCCCC/C=C/CCCCCCCCCCC. The van der Waals surface area contributed by atoms with Gasteiger partial charge in [-0.2, -0.15) is 0 Å². The monoisotopic (exact) mass is 980 g/mol. The van der Waals surface area contributed by atoms with E-state index < -0.39 is 18.2 Å². The van der Waals surface area contributed by atoms with Crippen molar-refractivity contribution in [3.63, 3.8) is 0 Å². The lowest BCUT2D eigenvalue weighted by atomic mass is 10.0. The van der Waals surface area contributed by atoms with Gasteiger partial charge in [-0.05, 0) is 77.0 Å². The zero-order chi connectivity index (χ0) is 50.9. The van der Waals surface area contributed by atoms with Gasteiger partial charge in [0.2, 0.25) is 5.91 Å². The molecule has 0 rings (SSSR count). The number of nitrogens with one attached hydrogen (secondary N) is 1. The van der Waals surface area contributed by atoms with Crippen LogP contribution in [0.25, 0.3) is 0 Å². The number of hydrogen-bond acceptors (Lipinski definition) is 5. The molecule has 0 bridgehead atoms. The van der Waals surface area contributed by atoms with E-state index in [1.807, 2.05) is 0 Å². The summed E-state index contributed by atoms with van der Waals surface area (Å²) in [6.45, 7) is 6.47. The molecule has 6 nitrogen and oxygen atoms in total. The molecule has 0 aliphatic rings. The Kier molecular flexibility index (Phi) is 55.5. The molecule has 0 spiro atoms. The summed E-state index contributed by atoms with van der Waals surface area (Å²) in [4.78, 5) is 26.3. The average molecular weight is 981 g/mol. The summed E-state index contributed by atoms with van der Waals surface area (Å²) in [7, 11) is 0. The summed E-state index contributed by atoms with van der Waals surface area (Å²) in [5.74, 6) is -0.512. The first-order chi connectivity index (χ1) is 34.5. The van der Waals surface area contributed by atoms with Crippen molar-refractivity contribution in [2.75, 3.05) is 6.61 Å². The average Bonchev–Trinajstić information content (AvgIpc) is 3.35. The van der Waals surface area contributed by atoms with Gasteiger partial charge in [-0.3, -0.25) is 9.59 Å². The van der Waals surface area contributed by atoms with Gasteiger partial charge in [0.15, 0.2) is 0 Å². The Bertz CT molecular complexity index is 1240. The Balaban J connectivity index is 4.60. The molecule has 1 amide bonds. The molecular formula is C64H117NO5. The maximum atomic E-state index is 13.3. The Labute approximate surface area is 435 Å². The number of ether oxygens (including phenoxy) is 1. The fourth-order valence-corrected chi connectivity index (χ4v) is 9.26. The van der Waals surface area contributed by atoms with Crippen molar-refractivity contribution in [2.45, 2.75) is 328 Å². The molecule has 0 saturated heterocycles. The molecule has 0 aliphatic heterocycles. The number of aliphatic hydroxyl groups excluding tert-OH is 2. The van der Waals surface area contributed by atoms with Crippen LogP contribution in [0.15, 0.2) is 60.8 Å². The third-order valence-electron chi connectivity index (χ3n) is 13.9. The number of unbranched alkanes of at least 4 members (excludes halogenated alkanes) is 36.